The lowest BCUT2D eigenvalue weighted by atomic mass is 9.96. The number of nitrogens with two attached hydrogens (primary N) is 2. The molecule has 0 aliphatic carbocycles. The zero-order valence-corrected chi connectivity index (χ0v) is 19.6. The Hall–Kier alpha value is -2.63. The minimum absolute atomic E-state index is 0.202. The van der Waals surface area contributed by atoms with Crippen LogP contribution in [0, 0.1) is 0 Å². The van der Waals surface area contributed by atoms with Gasteiger partial charge in [0.05, 0.1) is 6.42 Å². The van der Waals surface area contributed by atoms with Crippen LogP contribution in [0.25, 0.3) is 0 Å². The number of carbonyl (C=O) groups excluding carboxylic acids is 2. The zero-order valence-electron chi connectivity index (χ0n) is 18.8. The minimum Gasteiger partial charge on any atom is -0.480 e. The summed E-state index contributed by atoms with van der Waals surface area (Å²) in [5.74, 6) is -2.49. The summed E-state index contributed by atoms with van der Waals surface area (Å²) in [7, 11) is 0. The molecule has 1 aromatic rings. The summed E-state index contributed by atoms with van der Waals surface area (Å²) >= 11 is 1.42. The number of carboxylic acid groups (broad SMARTS) is 2. The van der Waals surface area contributed by atoms with Crippen molar-refractivity contribution in [3.63, 3.8) is 0 Å². The average molecular weight is 481 g/mol. The van der Waals surface area contributed by atoms with Crippen LogP contribution in [0.1, 0.15) is 38.7 Å². The lowest BCUT2D eigenvalue weighted by Gasteiger charge is -2.43. The molecule has 2 aliphatic heterocycles. The van der Waals surface area contributed by atoms with Gasteiger partial charge < -0.3 is 31.9 Å². The van der Waals surface area contributed by atoms with E-state index >= 15 is 0 Å². The van der Waals surface area contributed by atoms with Crippen LogP contribution in [0.15, 0.2) is 30.3 Å². The number of nitrogens with one attached hydrogen (secondary N) is 1. The highest BCUT2D eigenvalue weighted by atomic mass is 32.2. The number of hydrogen-bond acceptors (Lipinski definition) is 7. The Labute approximate surface area is 197 Å². The number of aliphatic carboxylic acids is 2. The van der Waals surface area contributed by atoms with Crippen molar-refractivity contribution in [1.29, 1.82) is 0 Å². The second-order valence-electron chi connectivity index (χ2n) is 8.53. The van der Waals surface area contributed by atoms with Crippen molar-refractivity contribution in [2.45, 2.75) is 67.8 Å². The number of β-lactam (4-membered cyclic amide) rings is 1. The molecule has 0 radical (unpaired) electrons. The van der Waals surface area contributed by atoms with Crippen LogP contribution in [0.3, 0.4) is 0 Å². The van der Waals surface area contributed by atoms with Crippen molar-refractivity contribution in [3.8, 4) is 0 Å². The predicted octanol–water partition coefficient (Wildman–Crippen LogP) is 0.388. The summed E-state index contributed by atoms with van der Waals surface area (Å²) < 4.78 is -0.578. The number of unbranched alkanes of at least 4 members (excludes halogenated alkanes) is 1. The molecule has 0 spiro atoms. The highest BCUT2D eigenvalue weighted by Crippen LogP contribution is 2.50. The Balaban J connectivity index is 0.000000328. The number of fused-ring (bicyclic) bond motifs is 1. The first-order valence-corrected chi connectivity index (χ1v) is 11.6. The van der Waals surface area contributed by atoms with Crippen molar-refractivity contribution in [1.82, 2.24) is 10.2 Å². The third-order valence-corrected chi connectivity index (χ3v) is 7.06. The van der Waals surface area contributed by atoms with Gasteiger partial charge in [0.1, 0.15) is 23.5 Å². The molecule has 4 atom stereocenters. The first-order valence-electron chi connectivity index (χ1n) is 10.7. The van der Waals surface area contributed by atoms with Crippen LogP contribution in [-0.2, 0) is 25.6 Å². The van der Waals surface area contributed by atoms with Gasteiger partial charge in [0.2, 0.25) is 11.8 Å². The quantitative estimate of drug-likeness (QED) is 0.247. The fraction of sp³-hybridized carbons (Fsp3) is 0.545. The number of carboxylic acids is 2. The molecular weight excluding hydrogens is 448 g/mol. The lowest BCUT2D eigenvalue weighted by Crippen LogP contribution is -2.70. The van der Waals surface area contributed by atoms with E-state index < -0.39 is 34.8 Å². The Morgan fingerprint density at radius 3 is 2.36 bits per heavy atom. The van der Waals surface area contributed by atoms with E-state index in [1.54, 1.807) is 0 Å². The molecule has 2 fully saturated rings. The molecule has 0 aromatic heterocycles. The van der Waals surface area contributed by atoms with Gasteiger partial charge >= 0.3 is 11.9 Å². The number of thioether (sulfide) groups is 1. The molecule has 2 aliphatic rings. The number of nitrogens with zero attached hydrogens (tertiary/aromatic N) is 1. The van der Waals surface area contributed by atoms with Crippen molar-refractivity contribution in [2.75, 3.05) is 6.54 Å². The summed E-state index contributed by atoms with van der Waals surface area (Å²) in [6.07, 6.45) is 2.37. The molecule has 3 rings (SSSR count). The molecule has 0 saturated carbocycles. The number of amides is 2. The Bertz CT molecular complexity index is 866. The van der Waals surface area contributed by atoms with Gasteiger partial charge in [-0.1, -0.05) is 36.8 Å². The minimum atomic E-state index is -1.01. The first-order chi connectivity index (χ1) is 15.5. The van der Waals surface area contributed by atoms with Crippen LogP contribution < -0.4 is 16.8 Å². The molecule has 2 amide bonds. The third-order valence-electron chi connectivity index (χ3n) is 5.49. The van der Waals surface area contributed by atoms with Gasteiger partial charge in [-0.2, -0.15) is 0 Å². The summed E-state index contributed by atoms with van der Waals surface area (Å²) in [6, 6.07) is 7.07. The Kier molecular flexibility index (Phi) is 9.26. The highest BCUT2D eigenvalue weighted by molar-refractivity contribution is 8.01. The lowest BCUT2D eigenvalue weighted by molar-refractivity contribution is -0.161. The van der Waals surface area contributed by atoms with E-state index in [2.05, 4.69) is 5.32 Å². The number of benzene rings is 1. The van der Waals surface area contributed by atoms with Crippen LogP contribution in [0.2, 0.25) is 0 Å². The normalized spacial score (nSPS) is 23.5. The topological polar surface area (TPSA) is 176 Å². The van der Waals surface area contributed by atoms with Crippen LogP contribution in [-0.4, -0.2) is 73.7 Å². The molecule has 11 heteroatoms. The van der Waals surface area contributed by atoms with E-state index in [4.69, 9.17) is 16.6 Å². The maximum absolute atomic E-state index is 12.3. The van der Waals surface area contributed by atoms with Crippen LogP contribution in [0.5, 0.6) is 0 Å². The second kappa shape index (κ2) is 11.5. The first kappa shape index (κ1) is 26.6. The molecule has 0 bridgehead atoms. The van der Waals surface area contributed by atoms with E-state index in [0.717, 1.165) is 18.4 Å². The number of carbonyl (C=O) groups is 4. The van der Waals surface area contributed by atoms with Gasteiger partial charge in [-0.05, 0) is 38.8 Å². The SMILES string of the molecule is CC1(C)S[C@@H]2[C@H](NC(=O)Cc3ccccc3)C(=O)N2[C@H]1C(=O)O.NCCCC[C@H](N)C(=O)O. The molecular formula is C22H32N4O6S. The zero-order chi connectivity index (χ0) is 24.8. The van der Waals surface area contributed by atoms with Crippen LogP contribution in [0.4, 0.5) is 0 Å². The molecule has 0 unspecified atom stereocenters. The smallest absolute Gasteiger partial charge is 0.327 e. The molecule has 1 aromatic carbocycles. The number of hydrogen-bond donors (Lipinski definition) is 5. The van der Waals surface area contributed by atoms with Gasteiger partial charge in [0, 0.05) is 4.75 Å². The second-order valence-corrected chi connectivity index (χ2v) is 10.3. The van der Waals surface area contributed by atoms with Crippen LogP contribution >= 0.6 is 11.8 Å². The Morgan fingerprint density at radius 1 is 1.18 bits per heavy atom. The predicted molar refractivity (Wildman–Crippen MR) is 124 cm³/mol. The third kappa shape index (κ3) is 6.68. The van der Waals surface area contributed by atoms with E-state index in [0.29, 0.717) is 13.0 Å². The highest BCUT2D eigenvalue weighted by Gasteiger charge is 2.64. The number of rotatable bonds is 9. The van der Waals surface area contributed by atoms with Gasteiger partial charge in [0.15, 0.2) is 0 Å². The van der Waals surface area contributed by atoms with Gasteiger partial charge in [-0.3, -0.25) is 14.4 Å². The fourth-order valence-corrected chi connectivity index (χ4v) is 5.41. The summed E-state index contributed by atoms with van der Waals surface area (Å²) in [4.78, 5) is 47.3. The van der Waals surface area contributed by atoms with Crippen molar-refractivity contribution >= 4 is 35.5 Å². The maximum Gasteiger partial charge on any atom is 0.327 e. The van der Waals surface area contributed by atoms with E-state index in [9.17, 15) is 24.3 Å². The summed E-state index contributed by atoms with van der Waals surface area (Å²) in [5.41, 5.74) is 11.3. The van der Waals surface area contributed by atoms with Gasteiger partial charge in [-0.25, -0.2) is 4.79 Å². The average Bonchev–Trinajstić information content (AvgIpc) is 3.01. The van der Waals surface area contributed by atoms with E-state index in [-0.39, 0.29) is 23.6 Å². The van der Waals surface area contributed by atoms with Crippen molar-refractivity contribution in [2.24, 2.45) is 11.5 Å². The van der Waals surface area contributed by atoms with Gasteiger partial charge in [-0.15, -0.1) is 11.8 Å². The molecule has 7 N–H and O–H groups in total. The molecule has 2 saturated heterocycles. The van der Waals surface area contributed by atoms with Crippen molar-refractivity contribution < 1.29 is 29.4 Å². The standard InChI is InChI=1S/C16H18N2O4S.C6H14N2O2/c1-16(2)12(15(21)22)18-13(20)11(14(18)23-16)17-10(19)8-9-6-4-3-5-7-9;7-4-2-1-3-5(8)6(9)10/h3-7,11-12,14H,8H2,1-2H3,(H,17,19)(H,21,22);5H,1-4,7-8H2,(H,9,10)/t11-,12+,14-;5-/m10/s1. The largest absolute Gasteiger partial charge is 0.480 e. The Morgan fingerprint density at radius 2 is 1.82 bits per heavy atom. The maximum atomic E-state index is 12.3. The molecule has 33 heavy (non-hydrogen) atoms. The summed E-state index contributed by atoms with van der Waals surface area (Å²) in [5, 5.41) is 20.1. The van der Waals surface area contributed by atoms with E-state index in [1.807, 2.05) is 44.2 Å². The van der Waals surface area contributed by atoms with Crippen molar-refractivity contribution in [3.05, 3.63) is 35.9 Å². The molecule has 2 heterocycles. The molecule has 182 valence electrons. The van der Waals surface area contributed by atoms with E-state index in [1.165, 1.54) is 16.7 Å². The summed E-state index contributed by atoms with van der Waals surface area (Å²) in [6.45, 7) is 4.22. The fourth-order valence-electron chi connectivity index (χ4n) is 3.78. The molecule has 10 nitrogen and oxygen atoms in total. The monoisotopic (exact) mass is 480 g/mol. The van der Waals surface area contributed by atoms with Gasteiger partial charge in [0.25, 0.3) is 0 Å².